The van der Waals surface area contributed by atoms with E-state index in [2.05, 4.69) is 10.2 Å². The predicted molar refractivity (Wildman–Crippen MR) is 38.6 cm³/mol. The maximum absolute atomic E-state index is 10.4. The zero-order chi connectivity index (χ0) is 7.56. The van der Waals surface area contributed by atoms with E-state index in [-0.39, 0.29) is 6.04 Å². The molecule has 1 fully saturated rings. The van der Waals surface area contributed by atoms with Crippen LogP contribution in [0.15, 0.2) is 0 Å². The Kier molecular flexibility index (Phi) is 2.11. The fourth-order valence-electron chi connectivity index (χ4n) is 1.25. The number of nitrogens with one attached hydrogen (secondary N) is 1. The summed E-state index contributed by atoms with van der Waals surface area (Å²) in [4.78, 5) is 12.5. The number of likely N-dealkylation sites (N-methyl/N-ethyl adjacent to an activating group) is 1. The second kappa shape index (κ2) is 2.88. The molecule has 2 amide bonds. The van der Waals surface area contributed by atoms with E-state index in [1.54, 1.807) is 0 Å². The maximum Gasteiger partial charge on any atom is 0.312 e. The third-order valence-electron chi connectivity index (χ3n) is 1.74. The van der Waals surface area contributed by atoms with Gasteiger partial charge < -0.3 is 16.0 Å². The van der Waals surface area contributed by atoms with Gasteiger partial charge in [-0.05, 0) is 20.0 Å². The summed E-state index contributed by atoms with van der Waals surface area (Å²) in [5.74, 6) is 0. The number of carbonyl (C=O) groups is 1. The first-order chi connectivity index (χ1) is 4.68. The van der Waals surface area contributed by atoms with Crippen LogP contribution in [0, 0.1) is 0 Å². The van der Waals surface area contributed by atoms with Gasteiger partial charge in [0, 0.05) is 12.6 Å². The molecule has 10 heavy (non-hydrogen) atoms. The van der Waals surface area contributed by atoms with Gasteiger partial charge in [-0.15, -0.1) is 0 Å². The summed E-state index contributed by atoms with van der Waals surface area (Å²) in [5.41, 5.74) is 4.95. The fraction of sp³-hybridized carbons (Fsp3) is 0.833. The van der Waals surface area contributed by atoms with Crippen molar-refractivity contribution in [1.82, 2.24) is 10.2 Å². The molecule has 0 spiro atoms. The van der Waals surface area contributed by atoms with Gasteiger partial charge in [-0.2, -0.15) is 0 Å². The Morgan fingerprint density at radius 2 is 2.50 bits per heavy atom. The van der Waals surface area contributed by atoms with Gasteiger partial charge in [-0.1, -0.05) is 0 Å². The van der Waals surface area contributed by atoms with Crippen molar-refractivity contribution in [3.63, 3.8) is 0 Å². The molecule has 0 aromatic heterocycles. The number of likely N-dealkylation sites (tertiary alicyclic amines) is 1. The molecular weight excluding hydrogens is 130 g/mol. The Labute approximate surface area is 60.4 Å². The topological polar surface area (TPSA) is 58.4 Å². The largest absolute Gasteiger partial charge is 0.352 e. The minimum absolute atomic E-state index is 0.266. The van der Waals surface area contributed by atoms with E-state index in [9.17, 15) is 4.79 Å². The molecule has 0 saturated carbocycles. The van der Waals surface area contributed by atoms with Crippen LogP contribution >= 0.6 is 0 Å². The van der Waals surface area contributed by atoms with E-state index in [0.29, 0.717) is 0 Å². The average molecular weight is 143 g/mol. The number of nitrogens with zero attached hydrogens (tertiary/aromatic N) is 1. The van der Waals surface area contributed by atoms with Crippen molar-refractivity contribution in [3.8, 4) is 0 Å². The molecule has 0 aromatic carbocycles. The van der Waals surface area contributed by atoms with Crippen LogP contribution in [0.3, 0.4) is 0 Å². The minimum atomic E-state index is -0.416. The monoisotopic (exact) mass is 143 g/mol. The summed E-state index contributed by atoms with van der Waals surface area (Å²) in [6.07, 6.45) is 1.01. The molecule has 1 aliphatic heterocycles. The van der Waals surface area contributed by atoms with E-state index < -0.39 is 6.03 Å². The van der Waals surface area contributed by atoms with Gasteiger partial charge in [-0.25, -0.2) is 4.79 Å². The first-order valence-corrected chi connectivity index (χ1v) is 3.43. The van der Waals surface area contributed by atoms with Crippen LogP contribution in [0.2, 0.25) is 0 Å². The minimum Gasteiger partial charge on any atom is -0.352 e. The van der Waals surface area contributed by atoms with Crippen molar-refractivity contribution in [1.29, 1.82) is 0 Å². The first-order valence-electron chi connectivity index (χ1n) is 3.43. The highest BCUT2D eigenvalue weighted by Gasteiger charge is 2.19. The van der Waals surface area contributed by atoms with Gasteiger partial charge in [0.25, 0.3) is 0 Å². The number of primary amides is 1. The number of urea groups is 1. The highest BCUT2D eigenvalue weighted by Crippen LogP contribution is 2.04. The van der Waals surface area contributed by atoms with Crippen molar-refractivity contribution in [2.45, 2.75) is 12.5 Å². The van der Waals surface area contributed by atoms with Crippen LogP contribution in [0.1, 0.15) is 6.42 Å². The van der Waals surface area contributed by atoms with Gasteiger partial charge in [0.2, 0.25) is 0 Å². The third-order valence-corrected chi connectivity index (χ3v) is 1.74. The summed E-state index contributed by atoms with van der Waals surface area (Å²) in [6.45, 7) is 1.97. The molecule has 3 N–H and O–H groups in total. The molecule has 1 atom stereocenters. The van der Waals surface area contributed by atoms with Crippen LogP contribution in [0.4, 0.5) is 4.79 Å². The number of rotatable bonds is 1. The number of carbonyl (C=O) groups excluding carboxylic acids is 1. The SMILES string of the molecule is CN1CC[C@H](NC(N)=O)C1. The lowest BCUT2D eigenvalue weighted by Crippen LogP contribution is -2.39. The molecule has 0 aliphatic carbocycles. The molecule has 0 aromatic rings. The van der Waals surface area contributed by atoms with E-state index >= 15 is 0 Å². The lowest BCUT2D eigenvalue weighted by molar-refractivity contribution is 0.245. The average Bonchev–Trinajstić information content (AvgIpc) is 2.13. The Morgan fingerprint density at radius 3 is 2.90 bits per heavy atom. The van der Waals surface area contributed by atoms with Crippen molar-refractivity contribution < 1.29 is 4.79 Å². The van der Waals surface area contributed by atoms with Crippen molar-refractivity contribution in [3.05, 3.63) is 0 Å². The van der Waals surface area contributed by atoms with E-state index in [4.69, 9.17) is 5.73 Å². The van der Waals surface area contributed by atoms with Crippen LogP contribution in [-0.4, -0.2) is 37.1 Å². The number of hydrogen-bond donors (Lipinski definition) is 2. The molecule has 1 heterocycles. The number of nitrogens with two attached hydrogens (primary N) is 1. The molecule has 1 saturated heterocycles. The smallest absolute Gasteiger partial charge is 0.312 e. The van der Waals surface area contributed by atoms with E-state index in [1.807, 2.05) is 7.05 Å². The Bertz CT molecular complexity index is 137. The van der Waals surface area contributed by atoms with E-state index in [0.717, 1.165) is 19.5 Å². The quantitative estimate of drug-likeness (QED) is 0.513. The van der Waals surface area contributed by atoms with Crippen molar-refractivity contribution >= 4 is 6.03 Å². The summed E-state index contributed by atoms with van der Waals surface area (Å²) in [5, 5.41) is 2.67. The zero-order valence-corrected chi connectivity index (χ0v) is 6.13. The highest BCUT2D eigenvalue weighted by molar-refractivity contribution is 5.72. The van der Waals surface area contributed by atoms with Crippen LogP contribution in [-0.2, 0) is 0 Å². The van der Waals surface area contributed by atoms with Gasteiger partial charge in [-0.3, -0.25) is 0 Å². The summed E-state index contributed by atoms with van der Waals surface area (Å²) >= 11 is 0. The third kappa shape index (κ3) is 1.88. The predicted octanol–water partition coefficient (Wildman–Crippen LogP) is -0.641. The van der Waals surface area contributed by atoms with Crippen molar-refractivity contribution in [2.24, 2.45) is 5.73 Å². The molecule has 0 radical (unpaired) electrons. The normalized spacial score (nSPS) is 26.7. The van der Waals surface area contributed by atoms with Crippen LogP contribution < -0.4 is 11.1 Å². The second-order valence-corrected chi connectivity index (χ2v) is 2.76. The highest BCUT2D eigenvalue weighted by atomic mass is 16.2. The fourth-order valence-corrected chi connectivity index (χ4v) is 1.25. The van der Waals surface area contributed by atoms with Gasteiger partial charge >= 0.3 is 6.03 Å². The summed E-state index contributed by atoms with van der Waals surface area (Å²) in [6, 6.07) is -0.150. The van der Waals surface area contributed by atoms with Gasteiger partial charge in [0.15, 0.2) is 0 Å². The van der Waals surface area contributed by atoms with Gasteiger partial charge in [0.1, 0.15) is 0 Å². The first kappa shape index (κ1) is 7.34. The maximum atomic E-state index is 10.4. The second-order valence-electron chi connectivity index (χ2n) is 2.76. The summed E-state index contributed by atoms with van der Waals surface area (Å²) < 4.78 is 0. The lowest BCUT2D eigenvalue weighted by atomic mass is 10.3. The Morgan fingerprint density at radius 1 is 1.80 bits per heavy atom. The van der Waals surface area contributed by atoms with Crippen LogP contribution in [0.5, 0.6) is 0 Å². The van der Waals surface area contributed by atoms with E-state index in [1.165, 1.54) is 0 Å². The standard InChI is InChI=1S/C6H13N3O/c1-9-3-2-5(4-9)8-6(7)10/h5H,2-4H2,1H3,(H3,7,8,10)/t5-/m0/s1. The Hall–Kier alpha value is -0.770. The summed E-state index contributed by atoms with van der Waals surface area (Å²) in [7, 11) is 2.03. The molecule has 0 unspecified atom stereocenters. The Balaban J connectivity index is 2.24. The number of hydrogen-bond acceptors (Lipinski definition) is 2. The molecule has 0 bridgehead atoms. The zero-order valence-electron chi connectivity index (χ0n) is 6.13. The molecular formula is C6H13N3O. The van der Waals surface area contributed by atoms with Gasteiger partial charge in [0.05, 0.1) is 0 Å². The lowest BCUT2D eigenvalue weighted by Gasteiger charge is -2.09. The molecule has 1 aliphatic rings. The molecule has 1 rings (SSSR count). The molecule has 4 heteroatoms. The van der Waals surface area contributed by atoms with Crippen LogP contribution in [0.25, 0.3) is 0 Å². The molecule has 58 valence electrons. The molecule has 4 nitrogen and oxygen atoms in total. The number of amides is 2. The van der Waals surface area contributed by atoms with Crippen molar-refractivity contribution in [2.75, 3.05) is 20.1 Å².